The molecule has 0 saturated heterocycles. The van der Waals surface area contributed by atoms with Crippen molar-refractivity contribution in [2.24, 2.45) is 0 Å². The number of nitrogens with zero attached hydrogens (tertiary/aromatic N) is 1. The third kappa shape index (κ3) is 4.78. The van der Waals surface area contributed by atoms with Crippen molar-refractivity contribution >= 4 is 5.69 Å². The van der Waals surface area contributed by atoms with Gasteiger partial charge >= 0.3 is 0 Å². The molecule has 0 aliphatic heterocycles. The zero-order valence-corrected chi connectivity index (χ0v) is 11.7. The second-order valence-electron chi connectivity index (χ2n) is 5.08. The highest BCUT2D eigenvalue weighted by Crippen LogP contribution is 2.12. The Morgan fingerprint density at radius 1 is 1.12 bits per heavy atom. The van der Waals surface area contributed by atoms with Crippen molar-refractivity contribution in [3.05, 3.63) is 30.3 Å². The molecular formula is C15H26N2. The summed E-state index contributed by atoms with van der Waals surface area (Å²) in [5.41, 5.74) is 1.56. The SMILES string of the molecule is CCN(CCNC(C)(C)CC)c1ccccc1. The number of nitrogens with one attached hydrogen (secondary N) is 1. The van der Waals surface area contributed by atoms with Gasteiger partial charge in [0, 0.05) is 30.9 Å². The second kappa shape index (κ2) is 6.65. The lowest BCUT2D eigenvalue weighted by atomic mass is 10.0. The number of para-hydroxylation sites is 1. The Balaban J connectivity index is 2.44. The van der Waals surface area contributed by atoms with Gasteiger partial charge in [-0.05, 0) is 39.3 Å². The standard InChI is InChI=1S/C15H26N2/c1-5-15(3,4)16-12-13-17(6-2)14-10-8-7-9-11-14/h7-11,16H,5-6,12-13H2,1-4H3. The summed E-state index contributed by atoms with van der Waals surface area (Å²) in [4.78, 5) is 2.40. The Hall–Kier alpha value is -1.02. The quantitative estimate of drug-likeness (QED) is 0.779. The molecule has 0 atom stereocenters. The lowest BCUT2D eigenvalue weighted by Gasteiger charge is -2.28. The molecule has 0 amide bonds. The third-order valence-electron chi connectivity index (χ3n) is 3.37. The minimum absolute atomic E-state index is 0.246. The van der Waals surface area contributed by atoms with Crippen molar-refractivity contribution in [2.45, 2.75) is 39.7 Å². The molecule has 1 aromatic carbocycles. The molecule has 17 heavy (non-hydrogen) atoms. The van der Waals surface area contributed by atoms with Crippen LogP contribution in [0, 0.1) is 0 Å². The van der Waals surface area contributed by atoms with E-state index in [0.717, 1.165) is 26.1 Å². The van der Waals surface area contributed by atoms with Crippen LogP contribution >= 0.6 is 0 Å². The summed E-state index contributed by atoms with van der Waals surface area (Å²) in [7, 11) is 0. The molecule has 0 spiro atoms. The van der Waals surface area contributed by atoms with Gasteiger partial charge in [-0.2, -0.15) is 0 Å². The maximum Gasteiger partial charge on any atom is 0.0366 e. The van der Waals surface area contributed by atoms with Crippen LogP contribution in [-0.2, 0) is 0 Å². The molecule has 1 aromatic rings. The van der Waals surface area contributed by atoms with E-state index in [2.05, 4.69) is 68.2 Å². The Bertz CT molecular complexity index is 306. The van der Waals surface area contributed by atoms with Crippen LogP contribution in [0.15, 0.2) is 30.3 Å². The predicted octanol–water partition coefficient (Wildman–Crippen LogP) is 3.29. The Morgan fingerprint density at radius 2 is 1.76 bits per heavy atom. The molecule has 0 saturated carbocycles. The molecule has 0 unspecified atom stereocenters. The number of anilines is 1. The Morgan fingerprint density at radius 3 is 2.29 bits per heavy atom. The zero-order chi connectivity index (χ0) is 12.7. The van der Waals surface area contributed by atoms with E-state index in [0.29, 0.717) is 0 Å². The highest BCUT2D eigenvalue weighted by atomic mass is 15.1. The summed E-state index contributed by atoms with van der Waals surface area (Å²) >= 11 is 0. The fraction of sp³-hybridized carbons (Fsp3) is 0.600. The molecule has 0 aliphatic rings. The first-order valence-electron chi connectivity index (χ1n) is 6.64. The monoisotopic (exact) mass is 234 g/mol. The maximum atomic E-state index is 3.60. The number of benzene rings is 1. The highest BCUT2D eigenvalue weighted by molar-refractivity contribution is 5.45. The van der Waals surface area contributed by atoms with Gasteiger partial charge in [0.05, 0.1) is 0 Å². The summed E-state index contributed by atoms with van der Waals surface area (Å²) in [6.45, 7) is 12.1. The van der Waals surface area contributed by atoms with Crippen molar-refractivity contribution in [1.29, 1.82) is 0 Å². The molecule has 2 nitrogen and oxygen atoms in total. The molecule has 0 fully saturated rings. The number of rotatable bonds is 7. The van der Waals surface area contributed by atoms with E-state index in [-0.39, 0.29) is 5.54 Å². The lowest BCUT2D eigenvalue weighted by Crippen LogP contribution is -2.43. The van der Waals surface area contributed by atoms with Crippen LogP contribution in [0.5, 0.6) is 0 Å². The van der Waals surface area contributed by atoms with Crippen LogP contribution in [0.1, 0.15) is 34.1 Å². The summed E-state index contributed by atoms with van der Waals surface area (Å²) in [5, 5.41) is 3.60. The molecule has 0 heterocycles. The van der Waals surface area contributed by atoms with Crippen molar-refractivity contribution in [3.63, 3.8) is 0 Å². The van der Waals surface area contributed by atoms with E-state index in [9.17, 15) is 0 Å². The topological polar surface area (TPSA) is 15.3 Å². The highest BCUT2D eigenvalue weighted by Gasteiger charge is 2.13. The number of hydrogen-bond acceptors (Lipinski definition) is 2. The third-order valence-corrected chi connectivity index (χ3v) is 3.37. The van der Waals surface area contributed by atoms with Gasteiger partial charge in [0.2, 0.25) is 0 Å². The van der Waals surface area contributed by atoms with Crippen molar-refractivity contribution < 1.29 is 0 Å². The van der Waals surface area contributed by atoms with Gasteiger partial charge in [0.1, 0.15) is 0 Å². The van der Waals surface area contributed by atoms with E-state index in [4.69, 9.17) is 0 Å². The lowest BCUT2D eigenvalue weighted by molar-refractivity contribution is 0.380. The second-order valence-corrected chi connectivity index (χ2v) is 5.08. The normalized spacial score (nSPS) is 11.5. The van der Waals surface area contributed by atoms with E-state index in [1.165, 1.54) is 5.69 Å². The Kier molecular flexibility index (Phi) is 5.49. The minimum Gasteiger partial charge on any atom is -0.371 e. The minimum atomic E-state index is 0.246. The van der Waals surface area contributed by atoms with Gasteiger partial charge in [-0.15, -0.1) is 0 Å². The van der Waals surface area contributed by atoms with Crippen LogP contribution in [-0.4, -0.2) is 25.2 Å². The van der Waals surface area contributed by atoms with Crippen molar-refractivity contribution in [2.75, 3.05) is 24.5 Å². The van der Waals surface area contributed by atoms with Gasteiger partial charge < -0.3 is 10.2 Å². The summed E-state index contributed by atoms with van der Waals surface area (Å²) in [6, 6.07) is 10.6. The van der Waals surface area contributed by atoms with Crippen LogP contribution in [0.2, 0.25) is 0 Å². The number of hydrogen-bond donors (Lipinski definition) is 1. The van der Waals surface area contributed by atoms with Crippen LogP contribution in [0.3, 0.4) is 0 Å². The van der Waals surface area contributed by atoms with Crippen molar-refractivity contribution in [1.82, 2.24) is 5.32 Å². The molecule has 1 N–H and O–H groups in total. The molecule has 0 aromatic heterocycles. The van der Waals surface area contributed by atoms with Crippen LogP contribution in [0.4, 0.5) is 5.69 Å². The van der Waals surface area contributed by atoms with E-state index < -0.39 is 0 Å². The van der Waals surface area contributed by atoms with Gasteiger partial charge in [-0.3, -0.25) is 0 Å². The molecule has 0 radical (unpaired) electrons. The average Bonchev–Trinajstić information content (AvgIpc) is 2.36. The fourth-order valence-electron chi connectivity index (χ4n) is 1.76. The maximum absolute atomic E-state index is 3.60. The molecule has 0 bridgehead atoms. The summed E-state index contributed by atoms with van der Waals surface area (Å²) in [6.07, 6.45) is 1.16. The van der Waals surface area contributed by atoms with E-state index >= 15 is 0 Å². The molecule has 1 rings (SSSR count). The summed E-state index contributed by atoms with van der Waals surface area (Å²) in [5.74, 6) is 0. The first kappa shape index (κ1) is 14.0. The predicted molar refractivity (Wildman–Crippen MR) is 76.7 cm³/mol. The van der Waals surface area contributed by atoms with Crippen LogP contribution in [0.25, 0.3) is 0 Å². The smallest absolute Gasteiger partial charge is 0.0366 e. The Labute approximate surface area is 106 Å². The molecule has 96 valence electrons. The van der Waals surface area contributed by atoms with Gasteiger partial charge in [-0.1, -0.05) is 25.1 Å². The fourth-order valence-corrected chi connectivity index (χ4v) is 1.76. The molecule has 2 heteroatoms. The first-order chi connectivity index (χ1) is 8.09. The zero-order valence-electron chi connectivity index (χ0n) is 11.7. The molecule has 0 aliphatic carbocycles. The number of likely N-dealkylation sites (N-methyl/N-ethyl adjacent to an activating group) is 1. The van der Waals surface area contributed by atoms with Gasteiger partial charge in [0.15, 0.2) is 0 Å². The van der Waals surface area contributed by atoms with Crippen LogP contribution < -0.4 is 10.2 Å². The van der Waals surface area contributed by atoms with E-state index in [1.54, 1.807) is 0 Å². The first-order valence-corrected chi connectivity index (χ1v) is 6.64. The molecular weight excluding hydrogens is 208 g/mol. The van der Waals surface area contributed by atoms with Gasteiger partial charge in [-0.25, -0.2) is 0 Å². The van der Waals surface area contributed by atoms with Gasteiger partial charge in [0.25, 0.3) is 0 Å². The largest absolute Gasteiger partial charge is 0.371 e. The van der Waals surface area contributed by atoms with Crippen molar-refractivity contribution in [3.8, 4) is 0 Å². The van der Waals surface area contributed by atoms with E-state index in [1.807, 2.05) is 0 Å². The summed E-state index contributed by atoms with van der Waals surface area (Å²) < 4.78 is 0. The average molecular weight is 234 g/mol.